The number of ketones is 1. The van der Waals surface area contributed by atoms with Gasteiger partial charge in [0.2, 0.25) is 0 Å². The molecule has 2 N–H and O–H groups in total. The highest BCUT2D eigenvalue weighted by Crippen LogP contribution is 2.49. The molecule has 9 heterocycles. The topological polar surface area (TPSA) is 173 Å². The summed E-state index contributed by atoms with van der Waals surface area (Å²) >= 11 is 0. The van der Waals surface area contributed by atoms with E-state index in [0.717, 1.165) is 66.5 Å². The second-order valence-corrected chi connectivity index (χ2v) is 23.8. The van der Waals surface area contributed by atoms with Crippen molar-refractivity contribution in [2.45, 2.75) is 195 Å². The maximum Gasteiger partial charge on any atom is 0.253 e. The SMILES string of the molecule is C=C1[C@H](C)C[C@@H]2CC[C@@H]3O[C@@H](CC[C@]45C[C@@H](O)[C@H](O4)[C@H]4C[C@@H](O5)[C@H]5O[C@H](CC[C@@H]5O4)CC(=O)C[C@@H]4[C@@H](OC)[C@@H](CN(CCO)CCOCCOCC(=O)N5Cc6ccccc6/C=C\c6ccccc65)O[C@H]4C[C@H]1O2)CC3C. The van der Waals surface area contributed by atoms with Crippen LogP contribution in [-0.2, 0) is 63.5 Å². The molecular weight excluding hydrogens is 985 g/mol. The van der Waals surface area contributed by atoms with Gasteiger partial charge in [0.05, 0.1) is 112 Å². The number of hydrogen-bond acceptors (Lipinski definition) is 15. The number of aliphatic hydroxyl groups is 2. The summed E-state index contributed by atoms with van der Waals surface area (Å²) in [4.78, 5) is 32.1. The molecule has 11 rings (SSSR count). The van der Waals surface area contributed by atoms with Crippen LogP contribution < -0.4 is 4.90 Å². The van der Waals surface area contributed by atoms with Crippen LogP contribution in [0.15, 0.2) is 60.7 Å². The van der Waals surface area contributed by atoms with Crippen LogP contribution in [-0.4, -0.2) is 178 Å². The predicted molar refractivity (Wildman–Crippen MR) is 287 cm³/mol. The molecule has 2 aromatic rings. The summed E-state index contributed by atoms with van der Waals surface area (Å²) in [5, 5.41) is 21.6. The molecule has 422 valence electrons. The fourth-order valence-electron chi connectivity index (χ4n) is 14.5. The van der Waals surface area contributed by atoms with Crippen LogP contribution in [0.5, 0.6) is 0 Å². The lowest BCUT2D eigenvalue weighted by atomic mass is 9.81. The van der Waals surface area contributed by atoms with Crippen LogP contribution in [0.2, 0.25) is 0 Å². The molecule has 1 amide bonds. The molecule has 16 nitrogen and oxygen atoms in total. The minimum atomic E-state index is -0.950. The maximum atomic E-state index is 14.5. The third-order valence-electron chi connectivity index (χ3n) is 18.5. The van der Waals surface area contributed by atoms with Crippen LogP contribution in [0.25, 0.3) is 12.2 Å². The largest absolute Gasteiger partial charge is 0.395 e. The third kappa shape index (κ3) is 12.6. The van der Waals surface area contributed by atoms with Crippen LogP contribution in [0.1, 0.15) is 114 Å². The number of ether oxygens (including phenoxy) is 10. The Hall–Kier alpha value is -3.46. The van der Waals surface area contributed by atoms with Crippen molar-refractivity contribution in [3.05, 3.63) is 77.4 Å². The Morgan fingerprint density at radius 1 is 0.766 bits per heavy atom. The quantitative estimate of drug-likeness (QED) is 0.158. The van der Waals surface area contributed by atoms with Crippen LogP contribution >= 0.6 is 0 Å². The summed E-state index contributed by atoms with van der Waals surface area (Å²) in [5.74, 6) is -0.616. The van der Waals surface area contributed by atoms with Crippen molar-refractivity contribution >= 4 is 29.5 Å². The monoisotopic (exact) mass is 1070 g/mol. The number of aliphatic hydroxyl groups excluding tert-OH is 2. The minimum absolute atomic E-state index is 0.0252. The average molecular weight is 1070 g/mol. The summed E-state index contributed by atoms with van der Waals surface area (Å²) in [6.07, 6.45) is 8.73. The Morgan fingerprint density at radius 3 is 2.40 bits per heavy atom. The average Bonchev–Trinajstić information content (AvgIpc) is 4.18. The number of para-hydroxylation sites is 1. The molecule has 0 saturated carbocycles. The molecule has 9 aliphatic heterocycles. The molecular formula is C61H84N2O14. The fourth-order valence-corrected chi connectivity index (χ4v) is 14.5. The number of carbonyl (C=O) groups is 2. The number of fused-ring (bicyclic) bond motifs is 11. The first-order chi connectivity index (χ1) is 37.4. The number of carbonyl (C=O) groups excluding carboxylic acids is 2. The molecule has 10 bridgehead atoms. The molecule has 16 heteroatoms. The van der Waals surface area contributed by atoms with Gasteiger partial charge in [0.25, 0.3) is 5.91 Å². The van der Waals surface area contributed by atoms with Gasteiger partial charge in [-0.25, -0.2) is 0 Å². The van der Waals surface area contributed by atoms with Crippen LogP contribution in [0.4, 0.5) is 5.69 Å². The molecule has 0 aliphatic carbocycles. The molecule has 1 spiro atoms. The first-order valence-electron chi connectivity index (χ1n) is 29.1. The Morgan fingerprint density at radius 2 is 1.55 bits per heavy atom. The van der Waals surface area contributed by atoms with Gasteiger partial charge < -0.3 is 62.5 Å². The van der Waals surface area contributed by atoms with Gasteiger partial charge >= 0.3 is 0 Å². The van der Waals surface area contributed by atoms with E-state index < -0.39 is 30.2 Å². The first kappa shape index (κ1) is 55.4. The van der Waals surface area contributed by atoms with E-state index in [4.69, 9.17) is 47.4 Å². The molecule has 1 unspecified atom stereocenters. The molecule has 2 aromatic carbocycles. The maximum absolute atomic E-state index is 14.5. The fraction of sp³-hybridized carbons (Fsp3) is 0.705. The van der Waals surface area contributed by atoms with Crippen molar-refractivity contribution in [1.29, 1.82) is 0 Å². The van der Waals surface area contributed by atoms with Gasteiger partial charge in [-0.1, -0.05) is 75.0 Å². The van der Waals surface area contributed by atoms with Crippen molar-refractivity contribution in [1.82, 2.24) is 4.90 Å². The number of amides is 1. The number of rotatable bonds is 13. The number of methoxy groups -OCH3 is 1. The van der Waals surface area contributed by atoms with E-state index in [1.165, 1.54) is 0 Å². The highest BCUT2D eigenvalue weighted by Gasteiger charge is 2.60. The van der Waals surface area contributed by atoms with Gasteiger partial charge in [0, 0.05) is 71.2 Å². The molecule has 8 saturated heterocycles. The standard InChI is InChI=1S/C61H84N2O14/c1-37-27-44-15-17-50-38(2)28-46(71-50)19-20-61-33-49(66)59(77-61)54-32-55(76-61)60-51(74-54)18-16-45(73-60)29-43(65)30-47-53(31-52(72-44)39(37)3)75-56(58(47)68-4)35-62(21-23-64)22-24-69-25-26-70-36-57(67)63-34-42-11-6-5-9-40(42)13-14-41-10-7-8-12-48(41)63/h5-14,37-38,44-47,49-56,58-60,64,66H,3,15-36H2,1-2,4H3/b14-13-/t37-,38?,44+,45-,46+,47+,49-,50+,51+,52-,53+,54-,55-,56-,58-,59+,60+,61-/m1/s1. The zero-order valence-corrected chi connectivity index (χ0v) is 45.5. The van der Waals surface area contributed by atoms with Gasteiger partial charge in [-0.3, -0.25) is 14.5 Å². The molecule has 0 aromatic heterocycles. The summed E-state index contributed by atoms with van der Waals surface area (Å²) in [6, 6.07) is 16.0. The van der Waals surface area contributed by atoms with E-state index in [1.807, 2.05) is 48.5 Å². The zero-order chi connectivity index (χ0) is 53.2. The lowest BCUT2D eigenvalue weighted by Crippen LogP contribution is -2.58. The van der Waals surface area contributed by atoms with Crippen molar-refractivity contribution in [2.24, 2.45) is 17.8 Å². The van der Waals surface area contributed by atoms with E-state index in [0.29, 0.717) is 77.4 Å². The van der Waals surface area contributed by atoms with Crippen LogP contribution in [0, 0.1) is 17.8 Å². The summed E-state index contributed by atoms with van der Waals surface area (Å²) in [5.41, 5.74) is 5.01. The van der Waals surface area contributed by atoms with E-state index in [1.54, 1.807) is 12.0 Å². The highest BCUT2D eigenvalue weighted by molar-refractivity contribution is 5.97. The Labute approximate surface area is 455 Å². The smallest absolute Gasteiger partial charge is 0.253 e. The van der Waals surface area contributed by atoms with Crippen molar-refractivity contribution in [3.8, 4) is 0 Å². The second-order valence-electron chi connectivity index (χ2n) is 23.8. The van der Waals surface area contributed by atoms with E-state index in [-0.39, 0.29) is 117 Å². The number of hydrogen-bond donors (Lipinski definition) is 2. The normalized spacial score (nSPS) is 39.5. The molecule has 9 aliphatic rings. The Kier molecular flexibility index (Phi) is 17.8. The lowest BCUT2D eigenvalue weighted by molar-refractivity contribution is -0.277. The second kappa shape index (κ2) is 24.7. The predicted octanol–water partition coefficient (Wildman–Crippen LogP) is 6.84. The van der Waals surface area contributed by atoms with E-state index in [2.05, 4.69) is 37.5 Å². The molecule has 18 atom stereocenters. The summed E-state index contributed by atoms with van der Waals surface area (Å²) < 4.78 is 66.4. The third-order valence-corrected chi connectivity index (χ3v) is 18.5. The van der Waals surface area contributed by atoms with Gasteiger partial charge in [-0.2, -0.15) is 0 Å². The van der Waals surface area contributed by atoms with Gasteiger partial charge in [0.1, 0.15) is 24.6 Å². The Balaban J connectivity index is 0.739. The van der Waals surface area contributed by atoms with Gasteiger partial charge in [-0.15, -0.1) is 0 Å². The van der Waals surface area contributed by atoms with Gasteiger partial charge in [0.15, 0.2) is 5.79 Å². The summed E-state index contributed by atoms with van der Waals surface area (Å²) in [7, 11) is 1.70. The minimum Gasteiger partial charge on any atom is -0.395 e. The summed E-state index contributed by atoms with van der Waals surface area (Å²) in [6.45, 7) is 11.7. The van der Waals surface area contributed by atoms with Crippen molar-refractivity contribution in [3.63, 3.8) is 0 Å². The van der Waals surface area contributed by atoms with Crippen molar-refractivity contribution < 1.29 is 67.2 Å². The first-order valence-corrected chi connectivity index (χ1v) is 29.1. The Bertz CT molecular complexity index is 2390. The number of nitrogens with zero attached hydrogens (tertiary/aromatic N) is 2. The van der Waals surface area contributed by atoms with E-state index in [9.17, 15) is 19.8 Å². The highest BCUT2D eigenvalue weighted by atomic mass is 16.7. The van der Waals surface area contributed by atoms with E-state index >= 15 is 0 Å². The zero-order valence-electron chi connectivity index (χ0n) is 45.5. The molecule has 8 fully saturated rings. The number of Topliss-reactive ketones (excluding diaryl/α,β-unsaturated/α-hetero) is 1. The molecule has 77 heavy (non-hydrogen) atoms. The van der Waals surface area contributed by atoms with Gasteiger partial charge in [-0.05, 0) is 85.1 Å². The number of benzene rings is 2. The lowest BCUT2D eigenvalue weighted by Gasteiger charge is -2.47. The molecule has 0 radical (unpaired) electrons. The van der Waals surface area contributed by atoms with Crippen LogP contribution in [0.3, 0.4) is 0 Å². The number of anilines is 1. The van der Waals surface area contributed by atoms with Crippen molar-refractivity contribution in [2.75, 3.05) is 64.7 Å².